The number of ketones is 1. The van der Waals surface area contributed by atoms with Crippen molar-refractivity contribution in [3.63, 3.8) is 0 Å². The highest BCUT2D eigenvalue weighted by molar-refractivity contribution is 6.31. The van der Waals surface area contributed by atoms with E-state index in [1.807, 2.05) is 49.4 Å². The first-order valence-corrected chi connectivity index (χ1v) is 9.22. The molecule has 0 atom stereocenters. The molecule has 7 heteroatoms. The molecule has 0 fully saturated rings. The van der Waals surface area contributed by atoms with Crippen molar-refractivity contribution in [2.45, 2.75) is 26.3 Å². The molecule has 1 aromatic heterocycles. The van der Waals surface area contributed by atoms with Gasteiger partial charge in [-0.25, -0.2) is 0 Å². The lowest BCUT2D eigenvalue weighted by Crippen LogP contribution is -2.14. The first-order chi connectivity index (χ1) is 13.4. The van der Waals surface area contributed by atoms with Crippen molar-refractivity contribution in [3.8, 4) is 0 Å². The van der Waals surface area contributed by atoms with E-state index in [2.05, 4.69) is 15.5 Å². The van der Waals surface area contributed by atoms with Crippen molar-refractivity contribution in [2.75, 3.05) is 5.32 Å². The third kappa shape index (κ3) is 4.98. The minimum Gasteiger partial charge on any atom is -0.378 e. The number of hydrogen-bond donors (Lipinski definition) is 3. The second-order valence-electron chi connectivity index (χ2n) is 6.68. The van der Waals surface area contributed by atoms with Gasteiger partial charge < -0.3 is 11.1 Å². The zero-order valence-corrected chi connectivity index (χ0v) is 16.2. The van der Waals surface area contributed by atoms with Crippen LogP contribution in [0.5, 0.6) is 0 Å². The molecule has 0 aliphatic carbocycles. The summed E-state index contributed by atoms with van der Waals surface area (Å²) in [6.07, 6.45) is 2.15. The number of Topliss-reactive ketones (excluding diaryl/α,β-unsaturated/α-hetero) is 1. The minimum absolute atomic E-state index is 0.0988. The second kappa shape index (κ2) is 8.71. The van der Waals surface area contributed by atoms with Gasteiger partial charge in [0.2, 0.25) is 0 Å². The Morgan fingerprint density at radius 2 is 1.93 bits per heavy atom. The first kappa shape index (κ1) is 19.6. The van der Waals surface area contributed by atoms with E-state index in [1.165, 1.54) is 6.20 Å². The summed E-state index contributed by atoms with van der Waals surface area (Å²) in [6.45, 7) is 2.44. The summed E-state index contributed by atoms with van der Waals surface area (Å²) in [5.41, 5.74) is 9.89. The van der Waals surface area contributed by atoms with Gasteiger partial charge in [-0.1, -0.05) is 48.0 Å². The molecule has 2 aromatic carbocycles. The van der Waals surface area contributed by atoms with Crippen LogP contribution in [-0.4, -0.2) is 21.9 Å². The molecular weight excluding hydrogens is 376 g/mol. The number of nitrogens with two attached hydrogens (primary N) is 1. The highest BCUT2D eigenvalue weighted by Gasteiger charge is 2.11. The van der Waals surface area contributed by atoms with Crippen LogP contribution in [0.1, 0.15) is 32.7 Å². The van der Waals surface area contributed by atoms with Gasteiger partial charge in [-0.05, 0) is 35.2 Å². The number of benzene rings is 2. The topological polar surface area (TPSA) is 101 Å². The van der Waals surface area contributed by atoms with Crippen LogP contribution < -0.4 is 11.1 Å². The number of nitrogens with one attached hydrogen (secondary N) is 2. The van der Waals surface area contributed by atoms with E-state index in [0.717, 1.165) is 22.3 Å². The van der Waals surface area contributed by atoms with Crippen LogP contribution in [0.3, 0.4) is 0 Å². The molecule has 1 amide bonds. The van der Waals surface area contributed by atoms with Gasteiger partial charge in [0, 0.05) is 24.4 Å². The van der Waals surface area contributed by atoms with Crippen LogP contribution in [0.25, 0.3) is 0 Å². The molecular formula is C21H21ClN4O2. The number of anilines is 1. The number of carbonyl (C=O) groups excluding carboxylic acids is 2. The van der Waals surface area contributed by atoms with E-state index in [0.29, 0.717) is 30.1 Å². The van der Waals surface area contributed by atoms with E-state index in [-0.39, 0.29) is 11.5 Å². The number of aromatic amines is 1. The Bertz CT molecular complexity index is 1010. The van der Waals surface area contributed by atoms with E-state index < -0.39 is 5.91 Å². The average Bonchev–Trinajstić information content (AvgIpc) is 3.12. The Hall–Kier alpha value is -3.12. The maximum absolute atomic E-state index is 12.5. The highest BCUT2D eigenvalue weighted by atomic mass is 35.5. The number of nitrogens with zero attached hydrogens (tertiary/aromatic N) is 1. The molecule has 0 spiro atoms. The zero-order valence-electron chi connectivity index (χ0n) is 15.5. The molecule has 4 N–H and O–H groups in total. The van der Waals surface area contributed by atoms with Crippen molar-refractivity contribution in [1.29, 1.82) is 0 Å². The van der Waals surface area contributed by atoms with Crippen LogP contribution >= 0.6 is 11.6 Å². The van der Waals surface area contributed by atoms with Crippen LogP contribution in [0.4, 0.5) is 5.69 Å². The predicted octanol–water partition coefficient (Wildman–Crippen LogP) is 3.44. The third-order valence-corrected chi connectivity index (χ3v) is 4.71. The molecule has 0 unspecified atom stereocenters. The number of primary amides is 1. The van der Waals surface area contributed by atoms with Crippen LogP contribution in [-0.2, 0) is 24.2 Å². The number of hydrogen-bond acceptors (Lipinski definition) is 4. The molecule has 144 valence electrons. The number of aromatic nitrogens is 2. The predicted molar refractivity (Wildman–Crippen MR) is 109 cm³/mol. The molecule has 0 radical (unpaired) electrons. The third-order valence-electron chi connectivity index (χ3n) is 4.36. The van der Waals surface area contributed by atoms with Gasteiger partial charge >= 0.3 is 0 Å². The summed E-state index contributed by atoms with van der Waals surface area (Å²) in [6, 6.07) is 13.5. The van der Waals surface area contributed by atoms with E-state index in [1.54, 1.807) is 0 Å². The lowest BCUT2D eigenvalue weighted by atomic mass is 10.0. The Kier molecular flexibility index (Phi) is 6.11. The van der Waals surface area contributed by atoms with E-state index >= 15 is 0 Å². The summed E-state index contributed by atoms with van der Waals surface area (Å²) >= 11 is 6.23. The second-order valence-corrected chi connectivity index (χ2v) is 7.09. The lowest BCUT2D eigenvalue weighted by molar-refractivity contribution is -0.117. The fraction of sp³-hybridized carbons (Fsp3) is 0.190. The maximum Gasteiger partial charge on any atom is 0.268 e. The maximum atomic E-state index is 12.5. The first-order valence-electron chi connectivity index (χ1n) is 8.84. The molecule has 0 bridgehead atoms. The van der Waals surface area contributed by atoms with Crippen molar-refractivity contribution in [3.05, 3.63) is 81.6 Å². The molecule has 3 rings (SSSR count). The van der Waals surface area contributed by atoms with Crippen LogP contribution in [0, 0.1) is 6.92 Å². The van der Waals surface area contributed by atoms with Gasteiger partial charge in [0.1, 0.15) is 11.5 Å². The van der Waals surface area contributed by atoms with Gasteiger partial charge in [0.15, 0.2) is 0 Å². The van der Waals surface area contributed by atoms with Gasteiger partial charge in [-0.15, -0.1) is 0 Å². The van der Waals surface area contributed by atoms with Gasteiger partial charge in [0.25, 0.3) is 5.91 Å². The zero-order chi connectivity index (χ0) is 20.1. The number of rotatable bonds is 8. The summed E-state index contributed by atoms with van der Waals surface area (Å²) in [5.74, 6) is -0.476. The standard InChI is InChI=1S/C21H21ClN4O2/c1-13-5-6-16(18(22)7-13)10-17(27)9-14-3-2-4-15(8-14)11-24-19-12-25-26-20(19)21(23)28/h2-8,12,24H,9-11H2,1H3,(H2,23,28)(H,25,26). The Morgan fingerprint density at radius 3 is 2.68 bits per heavy atom. The summed E-state index contributed by atoms with van der Waals surface area (Å²) in [5, 5.41) is 10.1. The van der Waals surface area contributed by atoms with Crippen molar-refractivity contribution >= 4 is 29.0 Å². The number of H-pyrrole nitrogens is 1. The summed E-state index contributed by atoms with van der Waals surface area (Å²) in [7, 11) is 0. The monoisotopic (exact) mass is 396 g/mol. The molecule has 28 heavy (non-hydrogen) atoms. The number of halogens is 1. The minimum atomic E-state index is -0.575. The van der Waals surface area contributed by atoms with Crippen LogP contribution in [0.15, 0.2) is 48.7 Å². The fourth-order valence-corrected chi connectivity index (χ4v) is 3.26. The highest BCUT2D eigenvalue weighted by Crippen LogP contribution is 2.19. The molecule has 0 saturated heterocycles. The number of amides is 1. The molecule has 0 aliphatic heterocycles. The normalized spacial score (nSPS) is 10.6. The van der Waals surface area contributed by atoms with Gasteiger partial charge in [0.05, 0.1) is 11.9 Å². The molecule has 0 aliphatic rings. The molecule has 6 nitrogen and oxygen atoms in total. The van der Waals surface area contributed by atoms with Crippen molar-refractivity contribution in [1.82, 2.24) is 10.2 Å². The molecule has 3 aromatic rings. The summed E-state index contributed by atoms with van der Waals surface area (Å²) in [4.78, 5) is 23.8. The smallest absolute Gasteiger partial charge is 0.268 e. The molecule has 0 saturated carbocycles. The van der Waals surface area contributed by atoms with E-state index in [4.69, 9.17) is 17.3 Å². The summed E-state index contributed by atoms with van der Waals surface area (Å²) < 4.78 is 0. The van der Waals surface area contributed by atoms with Gasteiger partial charge in [-0.3, -0.25) is 14.7 Å². The number of aryl methyl sites for hydroxylation is 1. The largest absolute Gasteiger partial charge is 0.378 e. The van der Waals surface area contributed by atoms with E-state index in [9.17, 15) is 9.59 Å². The van der Waals surface area contributed by atoms with Gasteiger partial charge in [-0.2, -0.15) is 5.10 Å². The van der Waals surface area contributed by atoms with Crippen molar-refractivity contribution < 1.29 is 9.59 Å². The number of carbonyl (C=O) groups is 2. The Morgan fingerprint density at radius 1 is 1.14 bits per heavy atom. The Labute approximate surface area is 168 Å². The van der Waals surface area contributed by atoms with Crippen molar-refractivity contribution in [2.24, 2.45) is 5.73 Å². The SMILES string of the molecule is Cc1ccc(CC(=O)Cc2cccc(CNc3cn[nH]c3C(N)=O)c2)c(Cl)c1. The Balaban J connectivity index is 1.62. The lowest BCUT2D eigenvalue weighted by Gasteiger charge is -2.08. The van der Waals surface area contributed by atoms with Crippen LogP contribution in [0.2, 0.25) is 5.02 Å². The fourth-order valence-electron chi connectivity index (χ4n) is 2.95. The molecule has 1 heterocycles. The average molecular weight is 397 g/mol. The quantitative estimate of drug-likeness (QED) is 0.542.